The molecule has 4 nitrogen and oxygen atoms in total. The molecular weight excluding hydrogens is 292 g/mol. The number of halogens is 1. The van der Waals surface area contributed by atoms with E-state index in [0.29, 0.717) is 0 Å². The Labute approximate surface area is 126 Å². The van der Waals surface area contributed by atoms with Gasteiger partial charge in [-0.2, -0.15) is 0 Å². The molecule has 0 spiro atoms. The van der Waals surface area contributed by atoms with Crippen LogP contribution in [0, 0.1) is 0 Å². The van der Waals surface area contributed by atoms with Gasteiger partial charge in [-0.15, -0.1) is 16.4 Å². The highest BCUT2D eigenvalue weighted by molar-refractivity contribution is 7.19. The molecule has 104 valence electrons. The lowest BCUT2D eigenvalue weighted by molar-refractivity contribution is 0.531. The van der Waals surface area contributed by atoms with Crippen LogP contribution in [-0.4, -0.2) is 21.5 Å². The predicted octanol–water partition coefficient (Wildman–Crippen LogP) is 3.33. The molecule has 0 aliphatic carbocycles. The van der Waals surface area contributed by atoms with E-state index in [1.165, 1.54) is 9.58 Å². The van der Waals surface area contributed by atoms with Crippen molar-refractivity contribution >= 4 is 33.0 Å². The van der Waals surface area contributed by atoms with Crippen molar-refractivity contribution in [3.63, 3.8) is 0 Å². The Morgan fingerprint density at radius 1 is 1.30 bits per heavy atom. The maximum Gasteiger partial charge on any atom is 0.0692 e. The second-order valence-corrected chi connectivity index (χ2v) is 6.05. The minimum atomic E-state index is 0.815. The Kier molecular flexibility index (Phi) is 4.30. The van der Waals surface area contributed by atoms with Crippen LogP contribution >= 0.6 is 22.9 Å². The summed E-state index contributed by atoms with van der Waals surface area (Å²) in [4.78, 5) is 1.20. The lowest BCUT2D eigenvalue weighted by atomic mass is 10.2. The maximum absolute atomic E-state index is 6.40. The first-order valence-corrected chi connectivity index (χ1v) is 7.75. The lowest BCUT2D eigenvalue weighted by Crippen LogP contribution is -2.16. The zero-order valence-corrected chi connectivity index (χ0v) is 12.5. The summed E-state index contributed by atoms with van der Waals surface area (Å²) in [7, 11) is 0. The quantitative estimate of drug-likeness (QED) is 0.710. The van der Waals surface area contributed by atoms with Crippen LogP contribution in [-0.2, 0) is 13.1 Å². The third kappa shape index (κ3) is 3.00. The number of hydrogen-bond acceptors (Lipinski definition) is 4. The van der Waals surface area contributed by atoms with Gasteiger partial charge in [0.25, 0.3) is 0 Å². The molecule has 0 atom stereocenters. The van der Waals surface area contributed by atoms with Gasteiger partial charge in [0.2, 0.25) is 0 Å². The molecule has 2 aromatic heterocycles. The minimum absolute atomic E-state index is 0.815. The van der Waals surface area contributed by atoms with Gasteiger partial charge < -0.3 is 5.32 Å². The number of nitrogens with one attached hydrogen (secondary N) is 1. The summed E-state index contributed by atoms with van der Waals surface area (Å²) in [5.74, 6) is 0. The second-order valence-electron chi connectivity index (χ2n) is 4.53. The molecule has 2 heterocycles. The standard InChI is InChI=1S/C14H15ClN4S/c15-14-11-4-1-2-5-12(11)20-13(14)10-16-6-3-8-19-9-7-17-18-19/h1-2,4-5,7,9,16H,3,6,8,10H2. The van der Waals surface area contributed by atoms with Gasteiger partial charge >= 0.3 is 0 Å². The molecule has 0 saturated carbocycles. The summed E-state index contributed by atoms with van der Waals surface area (Å²) in [6.45, 7) is 2.63. The molecule has 20 heavy (non-hydrogen) atoms. The summed E-state index contributed by atoms with van der Waals surface area (Å²) in [6.07, 6.45) is 4.60. The largest absolute Gasteiger partial charge is 0.312 e. The maximum atomic E-state index is 6.40. The van der Waals surface area contributed by atoms with Crippen molar-refractivity contribution in [2.24, 2.45) is 0 Å². The predicted molar refractivity (Wildman–Crippen MR) is 83.2 cm³/mol. The average molecular weight is 307 g/mol. The van der Waals surface area contributed by atoms with E-state index in [1.807, 2.05) is 23.0 Å². The van der Waals surface area contributed by atoms with E-state index in [-0.39, 0.29) is 0 Å². The Hall–Kier alpha value is -1.43. The highest BCUT2D eigenvalue weighted by atomic mass is 35.5. The van der Waals surface area contributed by atoms with Gasteiger partial charge in [0.1, 0.15) is 0 Å². The molecule has 0 saturated heterocycles. The number of aryl methyl sites for hydroxylation is 1. The minimum Gasteiger partial charge on any atom is -0.312 e. The molecule has 0 aliphatic heterocycles. The summed E-state index contributed by atoms with van der Waals surface area (Å²) in [6, 6.07) is 8.25. The second kappa shape index (κ2) is 6.35. The van der Waals surface area contributed by atoms with Crippen molar-refractivity contribution in [2.75, 3.05) is 6.54 Å². The molecule has 6 heteroatoms. The number of hydrogen-bond donors (Lipinski definition) is 1. The fourth-order valence-electron chi connectivity index (χ4n) is 2.10. The van der Waals surface area contributed by atoms with Crippen LogP contribution in [0.15, 0.2) is 36.7 Å². The van der Waals surface area contributed by atoms with Crippen LogP contribution in [0.25, 0.3) is 10.1 Å². The van der Waals surface area contributed by atoms with E-state index in [1.54, 1.807) is 17.5 Å². The first kappa shape index (κ1) is 13.5. The number of nitrogens with zero attached hydrogens (tertiary/aromatic N) is 3. The molecule has 1 N–H and O–H groups in total. The molecule has 0 bridgehead atoms. The molecular formula is C14H15ClN4S. The average Bonchev–Trinajstić information content (AvgIpc) is 3.08. The molecule has 0 amide bonds. The van der Waals surface area contributed by atoms with Crippen molar-refractivity contribution < 1.29 is 0 Å². The van der Waals surface area contributed by atoms with Crippen molar-refractivity contribution in [3.05, 3.63) is 46.6 Å². The van der Waals surface area contributed by atoms with Gasteiger partial charge in [0.05, 0.1) is 11.2 Å². The van der Waals surface area contributed by atoms with E-state index < -0.39 is 0 Å². The first-order valence-electron chi connectivity index (χ1n) is 6.55. The van der Waals surface area contributed by atoms with Crippen LogP contribution in [0.4, 0.5) is 0 Å². The summed E-state index contributed by atoms with van der Waals surface area (Å²) in [5.41, 5.74) is 0. The van der Waals surface area contributed by atoms with E-state index in [9.17, 15) is 0 Å². The molecule has 3 rings (SSSR count). The van der Waals surface area contributed by atoms with E-state index in [0.717, 1.165) is 36.5 Å². The molecule has 0 unspecified atom stereocenters. The number of rotatable bonds is 6. The number of aromatic nitrogens is 3. The Morgan fingerprint density at radius 3 is 3.00 bits per heavy atom. The van der Waals surface area contributed by atoms with Crippen LogP contribution in [0.2, 0.25) is 5.02 Å². The first-order chi connectivity index (χ1) is 9.84. The normalized spacial score (nSPS) is 11.2. The van der Waals surface area contributed by atoms with Crippen molar-refractivity contribution in [1.82, 2.24) is 20.3 Å². The Morgan fingerprint density at radius 2 is 2.20 bits per heavy atom. The summed E-state index contributed by atoms with van der Waals surface area (Å²) < 4.78 is 3.09. The topological polar surface area (TPSA) is 42.7 Å². The van der Waals surface area contributed by atoms with E-state index in [2.05, 4.69) is 27.8 Å². The lowest BCUT2D eigenvalue weighted by Gasteiger charge is -2.03. The molecule has 0 radical (unpaired) electrons. The zero-order valence-electron chi connectivity index (χ0n) is 10.9. The van der Waals surface area contributed by atoms with Crippen LogP contribution in [0.3, 0.4) is 0 Å². The van der Waals surface area contributed by atoms with Gasteiger partial charge in [0.15, 0.2) is 0 Å². The zero-order chi connectivity index (χ0) is 13.8. The van der Waals surface area contributed by atoms with Gasteiger partial charge in [0, 0.05) is 34.2 Å². The summed E-state index contributed by atoms with van der Waals surface area (Å²) in [5, 5.41) is 13.2. The van der Waals surface area contributed by atoms with Crippen LogP contribution in [0.1, 0.15) is 11.3 Å². The van der Waals surface area contributed by atoms with Gasteiger partial charge in [-0.3, -0.25) is 4.68 Å². The summed E-state index contributed by atoms with van der Waals surface area (Å²) >= 11 is 8.16. The highest BCUT2D eigenvalue weighted by Gasteiger charge is 2.08. The van der Waals surface area contributed by atoms with Gasteiger partial charge in [-0.25, -0.2) is 0 Å². The SMILES string of the molecule is Clc1c(CNCCCn2ccnn2)sc2ccccc12. The highest BCUT2D eigenvalue weighted by Crippen LogP contribution is 2.34. The van der Waals surface area contributed by atoms with Crippen molar-refractivity contribution in [3.8, 4) is 0 Å². The number of benzene rings is 1. The Balaban J connectivity index is 1.51. The van der Waals surface area contributed by atoms with Crippen molar-refractivity contribution in [2.45, 2.75) is 19.5 Å². The fraction of sp³-hybridized carbons (Fsp3) is 0.286. The van der Waals surface area contributed by atoms with Gasteiger partial charge in [-0.05, 0) is 19.0 Å². The number of thiophene rings is 1. The Bertz CT molecular complexity index is 678. The molecule has 3 aromatic rings. The smallest absolute Gasteiger partial charge is 0.0692 e. The fourth-order valence-corrected chi connectivity index (χ4v) is 3.57. The molecule has 1 aromatic carbocycles. The van der Waals surface area contributed by atoms with Crippen molar-refractivity contribution in [1.29, 1.82) is 0 Å². The monoisotopic (exact) mass is 306 g/mol. The van der Waals surface area contributed by atoms with E-state index >= 15 is 0 Å². The number of fused-ring (bicyclic) bond motifs is 1. The molecule has 0 aliphatic rings. The van der Waals surface area contributed by atoms with Gasteiger partial charge in [-0.1, -0.05) is 35.0 Å². The third-order valence-corrected chi connectivity index (χ3v) is 4.81. The third-order valence-electron chi connectivity index (χ3n) is 3.10. The molecule has 0 fully saturated rings. The van der Waals surface area contributed by atoms with Crippen LogP contribution in [0.5, 0.6) is 0 Å². The van der Waals surface area contributed by atoms with E-state index in [4.69, 9.17) is 11.6 Å². The van der Waals surface area contributed by atoms with Crippen LogP contribution < -0.4 is 5.32 Å².